The highest BCUT2D eigenvalue weighted by atomic mass is 79.9. The standard InChI is InChI=1S/C63H80BrNO15/c1-8-9-10-11-12-13-14-15-16-17-18-28-35-45(64)58(72)78-52(50(42-29-22-19-23-30-42)65-56(70)43-31-24-20-25-32-43)59(73)77-46-37-63(74)55(79-57(71)44-33-26-21-27-34-44)53-61(7,47(68)36-48-62(53,38-75-48)80-41(4)67)54(69)51(76-40(3)66)49(39(46)2)60(63,5)6/h19-27,29-34,45-48,50-53,55,68,74H,8-18,28,35-38H2,1-7H3,(H,65,70)/t45?,46-,47-,48+,50-,51+,52+,53?,55?,61+,62-,63+/m0/s1. The van der Waals surface area contributed by atoms with Crippen molar-refractivity contribution in [1.82, 2.24) is 5.32 Å². The lowest BCUT2D eigenvalue weighted by atomic mass is 9.44. The van der Waals surface area contributed by atoms with Crippen LogP contribution in [0.25, 0.3) is 0 Å². The van der Waals surface area contributed by atoms with Gasteiger partial charge in [-0.15, -0.1) is 0 Å². The molecule has 16 nitrogen and oxygen atoms in total. The Morgan fingerprint density at radius 1 is 0.738 bits per heavy atom. The molecular weight excluding hydrogens is 1090 g/mol. The zero-order valence-electron chi connectivity index (χ0n) is 47.2. The highest BCUT2D eigenvalue weighted by Crippen LogP contribution is 2.64. The molecule has 4 aliphatic rings. The topological polar surface area (TPSA) is 227 Å². The van der Waals surface area contributed by atoms with Crippen LogP contribution in [-0.4, -0.2) is 111 Å². The van der Waals surface area contributed by atoms with Gasteiger partial charge in [-0.2, -0.15) is 0 Å². The minimum atomic E-state index is -2.45. The van der Waals surface area contributed by atoms with E-state index < -0.39 is 123 Å². The van der Waals surface area contributed by atoms with Gasteiger partial charge in [0.2, 0.25) is 6.10 Å². The van der Waals surface area contributed by atoms with E-state index in [1.54, 1.807) is 99.6 Å². The summed E-state index contributed by atoms with van der Waals surface area (Å²) < 4.78 is 37.4. The Bertz CT molecular complexity index is 2700. The van der Waals surface area contributed by atoms with Gasteiger partial charge in [0.25, 0.3) is 5.91 Å². The number of fused-ring (bicyclic) bond motifs is 5. The van der Waals surface area contributed by atoms with Crippen LogP contribution >= 0.6 is 15.9 Å². The van der Waals surface area contributed by atoms with Crippen LogP contribution in [0.3, 0.4) is 0 Å². The smallest absolute Gasteiger partial charge is 0.350 e. The molecule has 0 spiro atoms. The Kier molecular flexibility index (Phi) is 20.8. The summed E-state index contributed by atoms with van der Waals surface area (Å²) in [5.74, 6) is -7.66. The van der Waals surface area contributed by atoms with Gasteiger partial charge in [0.05, 0.1) is 29.6 Å². The zero-order valence-corrected chi connectivity index (χ0v) is 48.8. The van der Waals surface area contributed by atoms with Crippen LogP contribution in [0, 0.1) is 16.7 Å². The summed E-state index contributed by atoms with van der Waals surface area (Å²) >= 11 is 3.54. The van der Waals surface area contributed by atoms with Crippen LogP contribution in [0.15, 0.2) is 102 Å². The second-order valence-electron chi connectivity index (χ2n) is 22.9. The third kappa shape index (κ3) is 13.1. The number of ketones is 1. The van der Waals surface area contributed by atoms with Crippen molar-refractivity contribution in [3.8, 4) is 0 Å². The first-order valence-corrected chi connectivity index (χ1v) is 29.4. The van der Waals surface area contributed by atoms with Crippen LogP contribution in [0.5, 0.6) is 0 Å². The molecule has 2 bridgehead atoms. The maximum atomic E-state index is 15.8. The molecule has 3 aliphatic carbocycles. The molecule has 17 heteroatoms. The molecule has 434 valence electrons. The van der Waals surface area contributed by atoms with Crippen molar-refractivity contribution in [2.45, 2.75) is 203 Å². The van der Waals surface area contributed by atoms with Crippen LogP contribution in [0.4, 0.5) is 0 Å². The lowest BCUT2D eigenvalue weighted by Crippen LogP contribution is -2.82. The Morgan fingerprint density at radius 2 is 1.29 bits per heavy atom. The first kappa shape index (κ1) is 61.9. The van der Waals surface area contributed by atoms with E-state index in [4.69, 9.17) is 28.4 Å². The SMILES string of the molecule is CCCCCCCCCCCCCCC(Br)C(=O)O[C@@H](C(=O)O[C@H]1C[C@@]2(O)C(OC(=O)c3ccccc3)C3[C@](C)(C(=O)[C@H](OC(C)=O)C(=C1C)C2(C)C)[C@@H](O)C[C@H]1OC[C@@]31OC(C)=O)[C@@H](NC(=O)c1ccccc1)c1ccccc1. The summed E-state index contributed by atoms with van der Waals surface area (Å²) in [5.41, 5.74) is -7.24. The predicted octanol–water partition coefficient (Wildman–Crippen LogP) is 10.1. The number of carbonyl (C=O) groups excluding carboxylic acids is 7. The number of ether oxygens (including phenoxy) is 6. The number of aliphatic hydroxyl groups is 2. The summed E-state index contributed by atoms with van der Waals surface area (Å²) in [5, 5.41) is 29.3. The van der Waals surface area contributed by atoms with Crippen molar-refractivity contribution in [1.29, 1.82) is 0 Å². The number of Topliss-reactive ketones (excluding diaryl/α,β-unsaturated/α-hetero) is 1. The highest BCUT2D eigenvalue weighted by molar-refractivity contribution is 9.10. The Labute approximate surface area is 478 Å². The Hall–Kier alpha value is -5.75. The summed E-state index contributed by atoms with van der Waals surface area (Å²) in [4.78, 5) is 100. The minimum Gasteiger partial charge on any atom is -0.455 e. The number of benzene rings is 3. The van der Waals surface area contributed by atoms with Crippen molar-refractivity contribution in [2.24, 2.45) is 16.7 Å². The minimum absolute atomic E-state index is 0.0149. The predicted molar refractivity (Wildman–Crippen MR) is 300 cm³/mol. The highest BCUT2D eigenvalue weighted by Gasteiger charge is 2.78. The quantitative estimate of drug-likeness (QED) is 0.0236. The zero-order chi connectivity index (χ0) is 58.0. The van der Waals surface area contributed by atoms with Crippen molar-refractivity contribution in [3.63, 3.8) is 0 Å². The molecule has 80 heavy (non-hydrogen) atoms. The molecule has 12 atom stereocenters. The third-order valence-electron chi connectivity index (χ3n) is 17.3. The average molecular weight is 1170 g/mol. The van der Waals surface area contributed by atoms with Gasteiger partial charge in [-0.25, -0.2) is 9.59 Å². The maximum absolute atomic E-state index is 15.8. The van der Waals surface area contributed by atoms with Gasteiger partial charge in [0.15, 0.2) is 17.5 Å². The molecule has 3 unspecified atom stereocenters. The molecule has 0 aromatic heterocycles. The molecule has 3 N–H and O–H groups in total. The van der Waals surface area contributed by atoms with Crippen molar-refractivity contribution in [2.75, 3.05) is 6.61 Å². The number of unbranched alkanes of at least 4 members (excludes halogenated alkanes) is 11. The second-order valence-corrected chi connectivity index (χ2v) is 24.0. The number of esters is 5. The van der Waals surface area contributed by atoms with Gasteiger partial charge in [-0.3, -0.25) is 24.0 Å². The lowest BCUT2D eigenvalue weighted by molar-refractivity contribution is -0.346. The van der Waals surface area contributed by atoms with Gasteiger partial charge in [0.1, 0.15) is 34.8 Å². The van der Waals surface area contributed by atoms with Gasteiger partial charge < -0.3 is 44.0 Å². The van der Waals surface area contributed by atoms with E-state index in [2.05, 4.69) is 28.2 Å². The van der Waals surface area contributed by atoms with E-state index >= 15 is 9.59 Å². The van der Waals surface area contributed by atoms with Crippen LogP contribution in [0.1, 0.15) is 177 Å². The molecule has 1 heterocycles. The van der Waals surface area contributed by atoms with E-state index in [1.165, 1.54) is 64.0 Å². The largest absolute Gasteiger partial charge is 0.455 e. The first-order valence-electron chi connectivity index (χ1n) is 28.5. The number of hydrogen-bond donors (Lipinski definition) is 3. The summed E-state index contributed by atoms with van der Waals surface area (Å²) in [7, 11) is 0. The van der Waals surface area contributed by atoms with Gasteiger partial charge in [-0.05, 0) is 61.2 Å². The van der Waals surface area contributed by atoms with E-state index in [9.17, 15) is 34.2 Å². The number of alkyl halides is 1. The van der Waals surface area contributed by atoms with Crippen LogP contribution in [-0.2, 0) is 52.4 Å². The molecule has 3 aromatic rings. The monoisotopic (exact) mass is 1170 g/mol. The number of rotatable bonds is 25. The van der Waals surface area contributed by atoms with Gasteiger partial charge in [0, 0.05) is 37.7 Å². The number of amides is 1. The molecule has 0 radical (unpaired) electrons. The molecule has 1 saturated heterocycles. The van der Waals surface area contributed by atoms with E-state index in [-0.39, 0.29) is 35.3 Å². The molecule has 7 rings (SSSR count). The summed E-state index contributed by atoms with van der Waals surface area (Å²) in [6.07, 6.45) is 3.30. The third-order valence-corrected chi connectivity index (χ3v) is 18.1. The van der Waals surface area contributed by atoms with E-state index in [1.807, 2.05) is 0 Å². The van der Waals surface area contributed by atoms with Crippen LogP contribution < -0.4 is 5.32 Å². The van der Waals surface area contributed by atoms with Gasteiger partial charge in [-0.1, -0.05) is 180 Å². The molecule has 3 fully saturated rings. The second kappa shape index (κ2) is 26.9. The fourth-order valence-electron chi connectivity index (χ4n) is 12.8. The van der Waals surface area contributed by atoms with Crippen molar-refractivity contribution >= 4 is 57.5 Å². The fourth-order valence-corrected chi connectivity index (χ4v) is 13.2. The lowest BCUT2D eigenvalue weighted by Gasteiger charge is -2.67. The van der Waals surface area contributed by atoms with Crippen LogP contribution in [0.2, 0.25) is 0 Å². The van der Waals surface area contributed by atoms with E-state index in [0.29, 0.717) is 18.4 Å². The number of halogens is 1. The first-order chi connectivity index (χ1) is 38.1. The number of aliphatic hydroxyl groups excluding tert-OH is 1. The Balaban J connectivity index is 1.28. The molecule has 3 aromatic carbocycles. The average Bonchev–Trinajstić information content (AvgIpc) is 3.45. The number of carbonyl (C=O) groups is 7. The number of hydrogen-bond acceptors (Lipinski definition) is 15. The van der Waals surface area contributed by atoms with Crippen molar-refractivity contribution in [3.05, 3.63) is 119 Å². The molecule has 1 aliphatic heterocycles. The molecule has 2 saturated carbocycles. The molecular formula is C63H80BrNO15. The Morgan fingerprint density at radius 3 is 1.82 bits per heavy atom. The van der Waals surface area contributed by atoms with E-state index in [0.717, 1.165) is 39.5 Å². The molecule has 1 amide bonds. The fraction of sp³-hybridized carbons (Fsp3) is 0.571. The normalized spacial score (nSPS) is 27.7. The maximum Gasteiger partial charge on any atom is 0.350 e. The van der Waals surface area contributed by atoms with Crippen molar-refractivity contribution < 1.29 is 72.2 Å². The summed E-state index contributed by atoms with van der Waals surface area (Å²) in [6.45, 7) is 10.3. The number of nitrogens with one attached hydrogen (secondary N) is 1. The van der Waals surface area contributed by atoms with Gasteiger partial charge >= 0.3 is 29.8 Å². The summed E-state index contributed by atoms with van der Waals surface area (Å²) in [6, 6.07) is 23.3.